The number of carbonyl (C=O) groups is 1. The monoisotopic (exact) mass is 279 g/mol. The molecular formula is C16H29N3O. The quantitative estimate of drug-likeness (QED) is 0.853. The first-order chi connectivity index (χ1) is 9.57. The molecule has 0 radical (unpaired) electrons. The van der Waals surface area contributed by atoms with Crippen LogP contribution in [0.5, 0.6) is 0 Å². The van der Waals surface area contributed by atoms with Crippen molar-refractivity contribution in [1.82, 2.24) is 15.1 Å². The lowest BCUT2D eigenvalue weighted by Gasteiger charge is -2.42. The van der Waals surface area contributed by atoms with Crippen molar-refractivity contribution in [3.8, 4) is 0 Å². The van der Waals surface area contributed by atoms with Gasteiger partial charge in [0.15, 0.2) is 0 Å². The van der Waals surface area contributed by atoms with Gasteiger partial charge in [0, 0.05) is 6.54 Å². The predicted molar refractivity (Wildman–Crippen MR) is 80.3 cm³/mol. The Bertz CT molecular complexity index is 357. The van der Waals surface area contributed by atoms with Crippen molar-refractivity contribution in [3.63, 3.8) is 0 Å². The van der Waals surface area contributed by atoms with Crippen LogP contribution in [0.2, 0.25) is 0 Å². The molecule has 1 atom stereocenters. The molecule has 1 saturated carbocycles. The molecule has 3 aliphatic rings. The Balaban J connectivity index is 1.65. The smallest absolute Gasteiger partial charge is 0.237 e. The van der Waals surface area contributed by atoms with E-state index in [1.165, 1.54) is 51.6 Å². The maximum absolute atomic E-state index is 12.3. The summed E-state index contributed by atoms with van der Waals surface area (Å²) < 4.78 is 0. The molecule has 2 saturated heterocycles. The standard InChI is InChI=1S/C16H29N3O/c1-16(7-9-18(2)10-8-16)12-19-14(20)11-17-15(19)13-5-3-4-6-13/h13,15,17H,3-12H2,1-2H3. The van der Waals surface area contributed by atoms with Gasteiger partial charge in [0.1, 0.15) is 0 Å². The molecule has 0 spiro atoms. The van der Waals surface area contributed by atoms with E-state index in [-0.39, 0.29) is 0 Å². The Morgan fingerprint density at radius 2 is 1.90 bits per heavy atom. The van der Waals surface area contributed by atoms with Crippen LogP contribution in [0.3, 0.4) is 0 Å². The van der Waals surface area contributed by atoms with E-state index in [1.54, 1.807) is 0 Å². The summed E-state index contributed by atoms with van der Waals surface area (Å²) >= 11 is 0. The minimum Gasteiger partial charge on any atom is -0.325 e. The Morgan fingerprint density at radius 1 is 1.25 bits per heavy atom. The molecule has 0 aromatic carbocycles. The average Bonchev–Trinajstić information content (AvgIpc) is 3.05. The molecule has 114 valence electrons. The van der Waals surface area contributed by atoms with E-state index in [0.717, 1.165) is 6.54 Å². The Kier molecular flexibility index (Phi) is 4.04. The van der Waals surface area contributed by atoms with E-state index in [0.29, 0.717) is 30.0 Å². The van der Waals surface area contributed by atoms with E-state index in [2.05, 4.69) is 29.1 Å². The summed E-state index contributed by atoms with van der Waals surface area (Å²) in [5.74, 6) is 1.01. The number of amides is 1. The van der Waals surface area contributed by atoms with E-state index < -0.39 is 0 Å². The van der Waals surface area contributed by atoms with Gasteiger partial charge >= 0.3 is 0 Å². The molecule has 2 aliphatic heterocycles. The van der Waals surface area contributed by atoms with Crippen molar-refractivity contribution in [2.45, 2.75) is 51.6 Å². The maximum atomic E-state index is 12.3. The van der Waals surface area contributed by atoms with Gasteiger partial charge in [0.05, 0.1) is 12.7 Å². The predicted octanol–water partition coefficient (Wildman–Crippen LogP) is 1.67. The van der Waals surface area contributed by atoms with E-state index in [9.17, 15) is 4.79 Å². The SMILES string of the molecule is CN1CCC(C)(CN2C(=O)CNC2C2CCCC2)CC1. The third kappa shape index (κ3) is 2.86. The molecule has 1 unspecified atom stereocenters. The van der Waals surface area contributed by atoms with Gasteiger partial charge in [0.25, 0.3) is 0 Å². The van der Waals surface area contributed by atoms with Crippen LogP contribution < -0.4 is 5.32 Å². The number of carbonyl (C=O) groups excluding carboxylic acids is 1. The lowest BCUT2D eigenvalue weighted by atomic mass is 9.79. The van der Waals surface area contributed by atoms with E-state index in [1.807, 2.05) is 0 Å². The van der Waals surface area contributed by atoms with E-state index >= 15 is 0 Å². The van der Waals surface area contributed by atoms with Gasteiger partial charge in [-0.15, -0.1) is 0 Å². The van der Waals surface area contributed by atoms with Crippen LogP contribution in [0, 0.1) is 11.3 Å². The number of hydrogen-bond acceptors (Lipinski definition) is 3. The van der Waals surface area contributed by atoms with Crippen molar-refractivity contribution in [2.75, 3.05) is 33.2 Å². The molecule has 4 heteroatoms. The highest BCUT2D eigenvalue weighted by Crippen LogP contribution is 2.36. The minimum absolute atomic E-state index is 0.311. The second-order valence-electron chi connectivity index (χ2n) is 7.51. The summed E-state index contributed by atoms with van der Waals surface area (Å²) in [6, 6.07) is 0. The fourth-order valence-electron chi connectivity index (χ4n) is 4.17. The third-order valence-electron chi connectivity index (χ3n) is 5.71. The van der Waals surface area contributed by atoms with Gasteiger partial charge in [-0.2, -0.15) is 0 Å². The van der Waals surface area contributed by atoms with Crippen molar-refractivity contribution in [2.24, 2.45) is 11.3 Å². The highest BCUT2D eigenvalue weighted by Gasteiger charge is 2.41. The molecule has 3 fully saturated rings. The van der Waals surface area contributed by atoms with Crippen molar-refractivity contribution in [1.29, 1.82) is 0 Å². The molecule has 1 N–H and O–H groups in total. The summed E-state index contributed by atoms with van der Waals surface area (Å²) in [5, 5.41) is 3.48. The number of rotatable bonds is 3. The first-order valence-electron chi connectivity index (χ1n) is 8.29. The fraction of sp³-hybridized carbons (Fsp3) is 0.938. The van der Waals surface area contributed by atoms with Crippen molar-refractivity contribution >= 4 is 5.91 Å². The van der Waals surface area contributed by atoms with Gasteiger partial charge < -0.3 is 9.80 Å². The normalized spacial score (nSPS) is 32.2. The van der Waals surface area contributed by atoms with Crippen LogP contribution in [0.4, 0.5) is 0 Å². The molecular weight excluding hydrogens is 250 g/mol. The van der Waals surface area contributed by atoms with Crippen LogP contribution in [-0.2, 0) is 4.79 Å². The van der Waals surface area contributed by atoms with Crippen molar-refractivity contribution in [3.05, 3.63) is 0 Å². The Morgan fingerprint density at radius 3 is 2.55 bits per heavy atom. The maximum Gasteiger partial charge on any atom is 0.237 e. The van der Waals surface area contributed by atoms with Crippen LogP contribution >= 0.6 is 0 Å². The summed E-state index contributed by atoms with van der Waals surface area (Å²) in [7, 11) is 2.20. The second-order valence-corrected chi connectivity index (χ2v) is 7.51. The summed E-state index contributed by atoms with van der Waals surface area (Å²) in [4.78, 5) is 16.9. The van der Waals surface area contributed by atoms with Crippen LogP contribution in [-0.4, -0.2) is 55.1 Å². The largest absolute Gasteiger partial charge is 0.325 e. The fourth-order valence-corrected chi connectivity index (χ4v) is 4.17. The van der Waals surface area contributed by atoms with Gasteiger partial charge in [-0.25, -0.2) is 0 Å². The van der Waals surface area contributed by atoms with Gasteiger partial charge in [0.2, 0.25) is 5.91 Å². The molecule has 1 aliphatic carbocycles. The molecule has 0 bridgehead atoms. The molecule has 0 aromatic heterocycles. The van der Waals surface area contributed by atoms with E-state index in [4.69, 9.17) is 0 Å². The van der Waals surface area contributed by atoms with Crippen LogP contribution in [0.15, 0.2) is 0 Å². The topological polar surface area (TPSA) is 35.6 Å². The minimum atomic E-state index is 0.311. The lowest BCUT2D eigenvalue weighted by molar-refractivity contribution is -0.130. The molecule has 1 amide bonds. The van der Waals surface area contributed by atoms with Crippen molar-refractivity contribution < 1.29 is 4.79 Å². The highest BCUT2D eigenvalue weighted by atomic mass is 16.2. The third-order valence-corrected chi connectivity index (χ3v) is 5.71. The summed E-state index contributed by atoms with van der Waals surface area (Å²) in [6.07, 6.45) is 8.01. The zero-order chi connectivity index (χ0) is 14.2. The summed E-state index contributed by atoms with van der Waals surface area (Å²) in [5.41, 5.74) is 0.311. The van der Waals surface area contributed by atoms with Gasteiger partial charge in [-0.1, -0.05) is 19.8 Å². The highest BCUT2D eigenvalue weighted by molar-refractivity contribution is 5.80. The molecule has 4 nitrogen and oxygen atoms in total. The molecule has 20 heavy (non-hydrogen) atoms. The Hall–Kier alpha value is -0.610. The zero-order valence-corrected chi connectivity index (χ0v) is 13.0. The second kappa shape index (κ2) is 5.64. The number of hydrogen-bond donors (Lipinski definition) is 1. The first-order valence-corrected chi connectivity index (χ1v) is 8.29. The summed E-state index contributed by atoms with van der Waals surface area (Å²) in [6.45, 7) is 6.21. The number of nitrogens with one attached hydrogen (secondary N) is 1. The molecule has 2 heterocycles. The van der Waals surface area contributed by atoms with Gasteiger partial charge in [-0.05, 0) is 57.2 Å². The van der Waals surface area contributed by atoms with Gasteiger partial charge in [-0.3, -0.25) is 10.1 Å². The number of piperidine rings is 1. The first kappa shape index (κ1) is 14.3. The van der Waals surface area contributed by atoms with Crippen LogP contribution in [0.25, 0.3) is 0 Å². The van der Waals surface area contributed by atoms with Crippen LogP contribution in [0.1, 0.15) is 45.4 Å². The molecule has 3 rings (SSSR count). The lowest BCUT2D eigenvalue weighted by Crippen LogP contribution is -2.49. The zero-order valence-electron chi connectivity index (χ0n) is 13.0. The molecule has 0 aromatic rings. The number of likely N-dealkylation sites (tertiary alicyclic amines) is 1. The average molecular weight is 279 g/mol. The Labute approximate surface area is 122 Å². The number of nitrogens with zero attached hydrogens (tertiary/aromatic N) is 2.